The summed E-state index contributed by atoms with van der Waals surface area (Å²) in [6.07, 6.45) is 0.483. The number of hydrogen-bond donors (Lipinski definition) is 2. The summed E-state index contributed by atoms with van der Waals surface area (Å²) in [5, 5.41) is 5.68. The summed E-state index contributed by atoms with van der Waals surface area (Å²) in [7, 11) is 0. The summed E-state index contributed by atoms with van der Waals surface area (Å²) in [5.74, 6) is 1.33. The molecule has 25 heavy (non-hydrogen) atoms. The Hall–Kier alpha value is -2.47. The van der Waals surface area contributed by atoms with E-state index < -0.39 is 0 Å². The zero-order valence-corrected chi connectivity index (χ0v) is 14.8. The summed E-state index contributed by atoms with van der Waals surface area (Å²) in [6, 6.07) is 13.2. The first-order chi connectivity index (χ1) is 12.1. The van der Waals surface area contributed by atoms with E-state index in [1.54, 1.807) is 23.9 Å². The van der Waals surface area contributed by atoms with Crippen LogP contribution in [-0.2, 0) is 4.79 Å². The monoisotopic (exact) mass is 356 g/mol. The summed E-state index contributed by atoms with van der Waals surface area (Å²) in [6.45, 7) is 2.82. The molecule has 1 aliphatic rings. The van der Waals surface area contributed by atoms with Crippen molar-refractivity contribution in [2.24, 2.45) is 0 Å². The van der Waals surface area contributed by atoms with Crippen molar-refractivity contribution in [1.29, 1.82) is 0 Å². The lowest BCUT2D eigenvalue weighted by Gasteiger charge is -2.10. The summed E-state index contributed by atoms with van der Waals surface area (Å²) in [5.41, 5.74) is 2.40. The van der Waals surface area contributed by atoms with Gasteiger partial charge in [-0.2, -0.15) is 0 Å². The number of amides is 2. The first kappa shape index (κ1) is 17.4. The molecule has 3 rings (SSSR count). The van der Waals surface area contributed by atoms with Gasteiger partial charge in [-0.15, -0.1) is 11.8 Å². The van der Waals surface area contributed by atoms with Gasteiger partial charge in [0.25, 0.3) is 5.91 Å². The van der Waals surface area contributed by atoms with Gasteiger partial charge in [0.05, 0.1) is 12.2 Å². The number of thioether (sulfide) groups is 1. The molecule has 0 saturated carbocycles. The van der Waals surface area contributed by atoms with Gasteiger partial charge in [0.2, 0.25) is 5.91 Å². The standard InChI is InChI=1S/C19H20N2O3S/c1-13-2-5-15(6-3-13)24-10-9-20-19(23)14-4-7-17-16(12-14)21-18(22)8-11-25-17/h2-7,12H,8-11H2,1H3,(H,20,23)(H,21,22). The van der Waals surface area contributed by atoms with Crippen LogP contribution in [0.4, 0.5) is 5.69 Å². The molecule has 2 aromatic carbocycles. The molecule has 2 amide bonds. The lowest BCUT2D eigenvalue weighted by Crippen LogP contribution is -2.28. The average molecular weight is 356 g/mol. The summed E-state index contributed by atoms with van der Waals surface area (Å²) >= 11 is 1.62. The van der Waals surface area contributed by atoms with Crippen molar-refractivity contribution < 1.29 is 14.3 Å². The molecule has 0 unspecified atom stereocenters. The predicted octanol–water partition coefficient (Wildman–Crippen LogP) is 3.24. The zero-order chi connectivity index (χ0) is 17.6. The molecule has 0 spiro atoms. The molecule has 5 nitrogen and oxygen atoms in total. The molecule has 0 atom stereocenters. The van der Waals surface area contributed by atoms with Gasteiger partial charge >= 0.3 is 0 Å². The summed E-state index contributed by atoms with van der Waals surface area (Å²) < 4.78 is 5.59. The molecule has 0 radical (unpaired) electrons. The first-order valence-electron chi connectivity index (χ1n) is 8.16. The van der Waals surface area contributed by atoms with Gasteiger partial charge in [-0.3, -0.25) is 9.59 Å². The fourth-order valence-corrected chi connectivity index (χ4v) is 3.37. The topological polar surface area (TPSA) is 67.4 Å². The number of carbonyl (C=O) groups excluding carboxylic acids is 2. The van der Waals surface area contributed by atoms with Crippen LogP contribution in [-0.4, -0.2) is 30.7 Å². The van der Waals surface area contributed by atoms with Gasteiger partial charge in [0, 0.05) is 22.6 Å². The second-order valence-corrected chi connectivity index (χ2v) is 6.91. The van der Waals surface area contributed by atoms with Crippen molar-refractivity contribution in [2.45, 2.75) is 18.2 Å². The molecular weight excluding hydrogens is 336 g/mol. The van der Waals surface area contributed by atoms with Crippen LogP contribution in [0.1, 0.15) is 22.3 Å². The Morgan fingerprint density at radius 1 is 1.24 bits per heavy atom. The number of fused-ring (bicyclic) bond motifs is 1. The molecular formula is C19H20N2O3S. The zero-order valence-electron chi connectivity index (χ0n) is 14.0. The Labute approximate surface area is 151 Å². The Morgan fingerprint density at radius 3 is 2.84 bits per heavy atom. The normalized spacial score (nSPS) is 13.4. The van der Waals surface area contributed by atoms with Gasteiger partial charge in [-0.25, -0.2) is 0 Å². The minimum Gasteiger partial charge on any atom is -0.492 e. The lowest BCUT2D eigenvalue weighted by molar-refractivity contribution is -0.115. The molecule has 0 fully saturated rings. The molecule has 1 heterocycles. The maximum absolute atomic E-state index is 12.3. The number of nitrogens with one attached hydrogen (secondary N) is 2. The van der Waals surface area contributed by atoms with E-state index in [-0.39, 0.29) is 11.8 Å². The second-order valence-electron chi connectivity index (χ2n) is 5.77. The van der Waals surface area contributed by atoms with Crippen molar-refractivity contribution in [3.8, 4) is 5.75 Å². The molecule has 0 bridgehead atoms. The Bertz CT molecular complexity index is 775. The lowest BCUT2D eigenvalue weighted by atomic mass is 10.2. The third kappa shape index (κ3) is 4.76. The molecule has 6 heteroatoms. The highest BCUT2D eigenvalue weighted by Gasteiger charge is 2.15. The SMILES string of the molecule is Cc1ccc(OCCNC(=O)c2ccc3c(c2)NC(=O)CCS3)cc1. The van der Waals surface area contributed by atoms with Crippen LogP contribution in [0.2, 0.25) is 0 Å². The highest BCUT2D eigenvalue weighted by atomic mass is 32.2. The number of anilines is 1. The summed E-state index contributed by atoms with van der Waals surface area (Å²) in [4.78, 5) is 24.9. The van der Waals surface area contributed by atoms with Crippen molar-refractivity contribution in [2.75, 3.05) is 24.2 Å². The van der Waals surface area contributed by atoms with Crippen molar-refractivity contribution >= 4 is 29.3 Å². The average Bonchev–Trinajstić information content (AvgIpc) is 2.79. The highest BCUT2D eigenvalue weighted by molar-refractivity contribution is 7.99. The van der Waals surface area contributed by atoms with E-state index in [1.807, 2.05) is 37.3 Å². The van der Waals surface area contributed by atoms with Crippen LogP contribution in [0.5, 0.6) is 5.75 Å². The van der Waals surface area contributed by atoms with Crippen LogP contribution in [0.15, 0.2) is 47.4 Å². The van der Waals surface area contributed by atoms with Crippen LogP contribution in [0.25, 0.3) is 0 Å². The number of aryl methyl sites for hydroxylation is 1. The van der Waals surface area contributed by atoms with Gasteiger partial charge in [0.15, 0.2) is 0 Å². The van der Waals surface area contributed by atoms with E-state index in [0.29, 0.717) is 30.8 Å². The minimum atomic E-state index is -0.182. The largest absolute Gasteiger partial charge is 0.492 e. The smallest absolute Gasteiger partial charge is 0.251 e. The van der Waals surface area contributed by atoms with Gasteiger partial charge < -0.3 is 15.4 Å². The van der Waals surface area contributed by atoms with Crippen LogP contribution >= 0.6 is 11.8 Å². The van der Waals surface area contributed by atoms with E-state index >= 15 is 0 Å². The van der Waals surface area contributed by atoms with Crippen LogP contribution < -0.4 is 15.4 Å². The Morgan fingerprint density at radius 2 is 2.04 bits per heavy atom. The Balaban J connectivity index is 1.53. The van der Waals surface area contributed by atoms with Gasteiger partial charge in [0.1, 0.15) is 12.4 Å². The maximum atomic E-state index is 12.3. The molecule has 0 aliphatic carbocycles. The molecule has 0 saturated heterocycles. The van der Waals surface area contributed by atoms with E-state index in [1.165, 1.54) is 5.56 Å². The van der Waals surface area contributed by atoms with Crippen molar-refractivity contribution in [3.63, 3.8) is 0 Å². The van der Waals surface area contributed by atoms with Gasteiger partial charge in [-0.05, 0) is 37.3 Å². The highest BCUT2D eigenvalue weighted by Crippen LogP contribution is 2.31. The molecule has 2 N–H and O–H groups in total. The minimum absolute atomic E-state index is 0.0182. The third-order valence-corrected chi connectivity index (χ3v) is 4.86. The van der Waals surface area contributed by atoms with Crippen LogP contribution in [0, 0.1) is 6.92 Å². The fourth-order valence-electron chi connectivity index (χ4n) is 2.43. The number of benzene rings is 2. The molecule has 130 valence electrons. The molecule has 1 aliphatic heterocycles. The Kier molecular flexibility index (Phi) is 5.60. The van der Waals surface area contributed by atoms with Crippen molar-refractivity contribution in [3.05, 3.63) is 53.6 Å². The van der Waals surface area contributed by atoms with E-state index in [9.17, 15) is 9.59 Å². The van der Waals surface area contributed by atoms with E-state index in [0.717, 1.165) is 16.4 Å². The molecule has 2 aromatic rings. The molecule has 0 aromatic heterocycles. The number of ether oxygens (including phenoxy) is 1. The maximum Gasteiger partial charge on any atom is 0.251 e. The number of carbonyl (C=O) groups is 2. The van der Waals surface area contributed by atoms with E-state index in [2.05, 4.69) is 10.6 Å². The number of hydrogen-bond acceptors (Lipinski definition) is 4. The number of rotatable bonds is 5. The quantitative estimate of drug-likeness (QED) is 0.807. The predicted molar refractivity (Wildman–Crippen MR) is 99.4 cm³/mol. The van der Waals surface area contributed by atoms with Crippen molar-refractivity contribution in [1.82, 2.24) is 5.32 Å². The van der Waals surface area contributed by atoms with Gasteiger partial charge in [-0.1, -0.05) is 17.7 Å². The third-order valence-electron chi connectivity index (χ3n) is 3.78. The van der Waals surface area contributed by atoms with E-state index in [4.69, 9.17) is 4.74 Å². The fraction of sp³-hybridized carbons (Fsp3) is 0.263. The first-order valence-corrected chi connectivity index (χ1v) is 9.15. The van der Waals surface area contributed by atoms with Crippen LogP contribution in [0.3, 0.4) is 0 Å². The second kappa shape index (κ2) is 8.07.